The first kappa shape index (κ1) is 25.3. The summed E-state index contributed by atoms with van der Waals surface area (Å²) in [7, 11) is 1.52. The summed E-state index contributed by atoms with van der Waals surface area (Å²) in [5.41, 5.74) is 0.492. The molecule has 0 aliphatic heterocycles. The Kier molecular flexibility index (Phi) is 8.11. The first-order valence-corrected chi connectivity index (χ1v) is 10.5. The van der Waals surface area contributed by atoms with E-state index < -0.39 is 35.1 Å². The fourth-order valence-corrected chi connectivity index (χ4v) is 3.29. The third kappa shape index (κ3) is 6.61. The zero-order chi connectivity index (χ0) is 25.5. The van der Waals surface area contributed by atoms with E-state index in [2.05, 4.69) is 5.32 Å². The number of amides is 2. The van der Waals surface area contributed by atoms with Gasteiger partial charge in [-0.3, -0.25) is 19.7 Å². The molecule has 0 aliphatic carbocycles. The van der Waals surface area contributed by atoms with Crippen molar-refractivity contribution in [3.05, 3.63) is 104 Å². The maximum absolute atomic E-state index is 13.0. The van der Waals surface area contributed by atoms with Crippen molar-refractivity contribution in [2.24, 2.45) is 0 Å². The number of nitro benzene ring substituents is 1. The number of non-ortho nitro benzene ring substituents is 1. The molecule has 0 fully saturated rings. The molecule has 3 aromatic carbocycles. The van der Waals surface area contributed by atoms with Gasteiger partial charge in [-0.05, 0) is 35.9 Å². The molecule has 0 saturated carbocycles. The zero-order valence-corrected chi connectivity index (χ0v) is 19.1. The van der Waals surface area contributed by atoms with E-state index in [0.717, 1.165) is 12.1 Å². The van der Waals surface area contributed by atoms with Gasteiger partial charge < -0.3 is 15.0 Å². The fourth-order valence-electron chi connectivity index (χ4n) is 3.03. The van der Waals surface area contributed by atoms with Crippen LogP contribution in [-0.4, -0.2) is 41.3 Å². The summed E-state index contributed by atoms with van der Waals surface area (Å²) in [5, 5.41) is 13.2. The van der Waals surface area contributed by atoms with Gasteiger partial charge in [0.25, 0.3) is 17.5 Å². The van der Waals surface area contributed by atoms with Crippen LogP contribution >= 0.6 is 11.6 Å². The Labute approximate surface area is 204 Å². The molecule has 0 unspecified atom stereocenters. The van der Waals surface area contributed by atoms with E-state index in [9.17, 15) is 28.9 Å². The monoisotopic (exact) mass is 499 g/mol. The molecule has 3 aromatic rings. The van der Waals surface area contributed by atoms with Crippen molar-refractivity contribution >= 4 is 40.8 Å². The Morgan fingerprint density at radius 1 is 1.06 bits per heavy atom. The van der Waals surface area contributed by atoms with E-state index in [1.165, 1.54) is 42.3 Å². The standard InChI is InChI=1S/C24H19ClFN3O6/c1-28(13-15-6-8-16(26)9-7-15)22(30)14-35-24(32)19-4-2-3-5-21(19)27-23(31)18-11-10-17(29(33)34)12-20(18)25/h2-12H,13-14H2,1H3,(H,27,31). The highest BCUT2D eigenvalue weighted by Gasteiger charge is 2.20. The van der Waals surface area contributed by atoms with Crippen LogP contribution in [-0.2, 0) is 16.1 Å². The van der Waals surface area contributed by atoms with Gasteiger partial charge in [0.15, 0.2) is 6.61 Å². The molecule has 0 aromatic heterocycles. The molecule has 0 atom stereocenters. The van der Waals surface area contributed by atoms with Crippen LogP contribution in [0.15, 0.2) is 66.7 Å². The molecular weight excluding hydrogens is 481 g/mol. The van der Waals surface area contributed by atoms with Crippen molar-refractivity contribution < 1.29 is 28.4 Å². The third-order valence-corrected chi connectivity index (χ3v) is 5.20. The van der Waals surface area contributed by atoms with Crippen molar-refractivity contribution in [2.75, 3.05) is 19.0 Å². The highest BCUT2D eigenvalue weighted by atomic mass is 35.5. The second-order valence-electron chi connectivity index (χ2n) is 7.37. The molecule has 35 heavy (non-hydrogen) atoms. The van der Waals surface area contributed by atoms with Gasteiger partial charge in [0.1, 0.15) is 5.82 Å². The Balaban J connectivity index is 1.64. The molecule has 1 N–H and O–H groups in total. The topological polar surface area (TPSA) is 119 Å². The number of carbonyl (C=O) groups excluding carboxylic acids is 3. The number of benzene rings is 3. The van der Waals surface area contributed by atoms with Crippen LogP contribution in [0.4, 0.5) is 15.8 Å². The smallest absolute Gasteiger partial charge is 0.340 e. The second-order valence-corrected chi connectivity index (χ2v) is 7.78. The summed E-state index contributed by atoms with van der Waals surface area (Å²) in [6.45, 7) is -0.355. The van der Waals surface area contributed by atoms with Crippen molar-refractivity contribution in [2.45, 2.75) is 6.54 Å². The van der Waals surface area contributed by atoms with Crippen LogP contribution in [0.25, 0.3) is 0 Å². The molecule has 0 saturated heterocycles. The maximum Gasteiger partial charge on any atom is 0.340 e. The van der Waals surface area contributed by atoms with E-state index in [0.29, 0.717) is 5.56 Å². The molecule has 0 bridgehead atoms. The van der Waals surface area contributed by atoms with Gasteiger partial charge in [0, 0.05) is 25.7 Å². The highest BCUT2D eigenvalue weighted by Crippen LogP contribution is 2.24. The first-order chi connectivity index (χ1) is 16.7. The molecule has 2 amide bonds. The number of nitrogens with zero attached hydrogens (tertiary/aromatic N) is 2. The molecule has 0 heterocycles. The Morgan fingerprint density at radius 2 is 1.74 bits per heavy atom. The summed E-state index contributed by atoms with van der Waals surface area (Å²) >= 11 is 6.00. The van der Waals surface area contributed by atoms with Crippen molar-refractivity contribution in [3.8, 4) is 0 Å². The lowest BCUT2D eigenvalue weighted by molar-refractivity contribution is -0.384. The number of carbonyl (C=O) groups is 3. The Hall–Kier alpha value is -4.31. The lowest BCUT2D eigenvalue weighted by Gasteiger charge is -2.17. The van der Waals surface area contributed by atoms with Gasteiger partial charge in [-0.25, -0.2) is 9.18 Å². The van der Waals surface area contributed by atoms with Gasteiger partial charge in [0.2, 0.25) is 0 Å². The number of nitro groups is 1. The van der Waals surface area contributed by atoms with Gasteiger partial charge in [-0.2, -0.15) is 0 Å². The molecule has 180 valence electrons. The van der Waals surface area contributed by atoms with Crippen LogP contribution in [0, 0.1) is 15.9 Å². The fraction of sp³-hybridized carbons (Fsp3) is 0.125. The summed E-state index contributed by atoms with van der Waals surface area (Å²) in [6.07, 6.45) is 0. The molecule has 0 aliphatic rings. The predicted molar refractivity (Wildman–Crippen MR) is 126 cm³/mol. The maximum atomic E-state index is 13.0. The van der Waals surface area contributed by atoms with E-state index in [1.807, 2.05) is 0 Å². The lowest BCUT2D eigenvalue weighted by Crippen LogP contribution is -2.31. The summed E-state index contributed by atoms with van der Waals surface area (Å²) < 4.78 is 18.2. The quantitative estimate of drug-likeness (QED) is 0.278. The average Bonchev–Trinajstić information content (AvgIpc) is 2.83. The molecule has 11 heteroatoms. The molecule has 0 spiro atoms. The van der Waals surface area contributed by atoms with E-state index in [4.69, 9.17) is 16.3 Å². The van der Waals surface area contributed by atoms with Crippen LogP contribution in [0.3, 0.4) is 0 Å². The van der Waals surface area contributed by atoms with Gasteiger partial charge in [0.05, 0.1) is 26.8 Å². The Bertz CT molecular complexity index is 1280. The minimum atomic E-state index is -0.848. The first-order valence-electron chi connectivity index (χ1n) is 10.2. The van der Waals surface area contributed by atoms with Crippen molar-refractivity contribution in [3.63, 3.8) is 0 Å². The van der Waals surface area contributed by atoms with Crippen LogP contribution in [0.5, 0.6) is 0 Å². The number of likely N-dealkylation sites (N-methyl/N-ethyl adjacent to an activating group) is 1. The van der Waals surface area contributed by atoms with E-state index in [1.54, 1.807) is 24.3 Å². The van der Waals surface area contributed by atoms with E-state index >= 15 is 0 Å². The molecule has 3 rings (SSSR count). The molecular formula is C24H19ClFN3O6. The summed E-state index contributed by atoms with van der Waals surface area (Å²) in [4.78, 5) is 49.1. The number of esters is 1. The summed E-state index contributed by atoms with van der Waals surface area (Å²) in [6, 6.07) is 15.0. The Morgan fingerprint density at radius 3 is 2.40 bits per heavy atom. The van der Waals surface area contributed by atoms with Crippen LogP contribution in [0.2, 0.25) is 5.02 Å². The summed E-state index contributed by atoms with van der Waals surface area (Å²) in [5.74, 6) is -2.42. The predicted octanol–water partition coefficient (Wildman–Crippen LogP) is 4.46. The number of anilines is 1. The van der Waals surface area contributed by atoms with E-state index in [-0.39, 0.29) is 34.1 Å². The number of hydrogen-bond donors (Lipinski definition) is 1. The molecule has 0 radical (unpaired) electrons. The van der Waals surface area contributed by atoms with Crippen LogP contribution in [0.1, 0.15) is 26.3 Å². The normalized spacial score (nSPS) is 10.4. The van der Waals surface area contributed by atoms with Gasteiger partial charge >= 0.3 is 5.97 Å². The van der Waals surface area contributed by atoms with Crippen molar-refractivity contribution in [1.82, 2.24) is 4.90 Å². The zero-order valence-electron chi connectivity index (χ0n) is 18.4. The minimum absolute atomic E-state index is 0.00660. The second kappa shape index (κ2) is 11.2. The minimum Gasteiger partial charge on any atom is -0.452 e. The number of para-hydroxylation sites is 1. The largest absolute Gasteiger partial charge is 0.452 e. The van der Waals surface area contributed by atoms with Gasteiger partial charge in [-0.15, -0.1) is 0 Å². The number of rotatable bonds is 8. The molecule has 9 nitrogen and oxygen atoms in total. The van der Waals surface area contributed by atoms with Gasteiger partial charge in [-0.1, -0.05) is 35.9 Å². The SMILES string of the molecule is CN(Cc1ccc(F)cc1)C(=O)COC(=O)c1ccccc1NC(=O)c1ccc([N+](=O)[O-])cc1Cl. The highest BCUT2D eigenvalue weighted by molar-refractivity contribution is 6.34. The number of ether oxygens (including phenoxy) is 1. The number of halogens is 2. The number of hydrogen-bond acceptors (Lipinski definition) is 6. The lowest BCUT2D eigenvalue weighted by atomic mass is 10.1. The third-order valence-electron chi connectivity index (χ3n) is 4.89. The van der Waals surface area contributed by atoms with Crippen LogP contribution < -0.4 is 5.32 Å². The van der Waals surface area contributed by atoms with Crippen molar-refractivity contribution in [1.29, 1.82) is 0 Å². The average molecular weight is 500 g/mol. The number of nitrogens with one attached hydrogen (secondary N) is 1.